The summed E-state index contributed by atoms with van der Waals surface area (Å²) < 4.78 is 44.9. The van der Waals surface area contributed by atoms with Gasteiger partial charge in [0.05, 0.1) is 36.5 Å². The summed E-state index contributed by atoms with van der Waals surface area (Å²) in [5.74, 6) is -1.04. The highest BCUT2D eigenvalue weighted by Crippen LogP contribution is 2.31. The lowest BCUT2D eigenvalue weighted by Crippen LogP contribution is -2.29. The van der Waals surface area contributed by atoms with Gasteiger partial charge in [-0.3, -0.25) is 14.3 Å². The quantitative estimate of drug-likeness (QED) is 0.638. The Morgan fingerprint density at radius 2 is 1.97 bits per heavy atom. The summed E-state index contributed by atoms with van der Waals surface area (Å²) in [4.78, 5) is 32.6. The van der Waals surface area contributed by atoms with Crippen molar-refractivity contribution < 1.29 is 27.8 Å². The van der Waals surface area contributed by atoms with E-state index in [0.29, 0.717) is 6.07 Å². The van der Waals surface area contributed by atoms with Gasteiger partial charge in [0.15, 0.2) is 0 Å². The van der Waals surface area contributed by atoms with Gasteiger partial charge in [-0.05, 0) is 31.2 Å². The monoisotopic (exact) mass is 408 g/mol. The van der Waals surface area contributed by atoms with Crippen LogP contribution >= 0.6 is 0 Å². The standard InChI is InChI=1S/C18H15F3N4O4/c1-8(26)11-5-3-9(7-23-11)25-15-10(4-6-12(24-15)18(19,20)21)14(22)13(16(25)27)17(28)29-2/h3-8,26H,22H2,1-2H3. The van der Waals surface area contributed by atoms with E-state index in [2.05, 4.69) is 14.7 Å². The van der Waals surface area contributed by atoms with E-state index in [1.165, 1.54) is 25.3 Å². The van der Waals surface area contributed by atoms with E-state index in [9.17, 15) is 27.9 Å². The molecular weight excluding hydrogens is 393 g/mol. The van der Waals surface area contributed by atoms with E-state index < -0.39 is 40.7 Å². The number of pyridine rings is 3. The molecule has 3 rings (SSSR count). The fourth-order valence-corrected chi connectivity index (χ4v) is 2.76. The molecule has 0 saturated carbocycles. The Morgan fingerprint density at radius 3 is 2.48 bits per heavy atom. The summed E-state index contributed by atoms with van der Waals surface area (Å²) in [6, 6.07) is 4.47. The number of ether oxygens (including phenoxy) is 1. The molecule has 3 aromatic rings. The molecule has 1 atom stereocenters. The Balaban J connectivity index is 2.44. The second-order valence-electron chi connectivity index (χ2n) is 6.10. The van der Waals surface area contributed by atoms with Crippen molar-refractivity contribution >= 4 is 22.7 Å². The predicted molar refractivity (Wildman–Crippen MR) is 96.5 cm³/mol. The number of hydrogen-bond acceptors (Lipinski definition) is 7. The summed E-state index contributed by atoms with van der Waals surface area (Å²) in [5.41, 5.74) is 2.65. The highest BCUT2D eigenvalue weighted by atomic mass is 19.4. The van der Waals surface area contributed by atoms with Crippen LogP contribution in [-0.2, 0) is 10.9 Å². The van der Waals surface area contributed by atoms with Crippen LogP contribution in [0.4, 0.5) is 18.9 Å². The summed E-state index contributed by atoms with van der Waals surface area (Å²) in [5, 5.41) is 9.53. The molecule has 11 heteroatoms. The van der Waals surface area contributed by atoms with Crippen LogP contribution in [0.1, 0.15) is 34.8 Å². The second-order valence-corrected chi connectivity index (χ2v) is 6.10. The van der Waals surface area contributed by atoms with Gasteiger partial charge in [0, 0.05) is 5.39 Å². The summed E-state index contributed by atoms with van der Waals surface area (Å²) in [6.07, 6.45) is -4.49. The van der Waals surface area contributed by atoms with Crippen LogP contribution in [-0.4, -0.2) is 32.7 Å². The first kappa shape index (κ1) is 20.3. The minimum atomic E-state index is -4.76. The number of carbonyl (C=O) groups excluding carboxylic acids is 1. The Labute approximate surface area is 161 Å². The van der Waals surface area contributed by atoms with Crippen molar-refractivity contribution in [3.05, 3.63) is 57.8 Å². The SMILES string of the molecule is COC(=O)c1c(N)c2ccc(C(F)(F)F)nc2n(-c2ccc(C(C)O)nc2)c1=O. The molecule has 3 aromatic heterocycles. The zero-order valence-electron chi connectivity index (χ0n) is 15.2. The zero-order valence-corrected chi connectivity index (χ0v) is 15.2. The molecule has 0 aliphatic carbocycles. The smallest absolute Gasteiger partial charge is 0.433 e. The number of nitrogens with zero attached hydrogens (tertiary/aromatic N) is 3. The van der Waals surface area contributed by atoms with Gasteiger partial charge in [-0.15, -0.1) is 0 Å². The lowest BCUT2D eigenvalue weighted by atomic mass is 10.1. The Bertz CT molecular complexity index is 1150. The van der Waals surface area contributed by atoms with Crippen molar-refractivity contribution in [2.75, 3.05) is 12.8 Å². The van der Waals surface area contributed by atoms with Gasteiger partial charge in [0.25, 0.3) is 5.56 Å². The number of nitrogens with two attached hydrogens (primary N) is 1. The zero-order chi connectivity index (χ0) is 21.5. The van der Waals surface area contributed by atoms with Crippen molar-refractivity contribution in [2.24, 2.45) is 0 Å². The number of esters is 1. The molecule has 0 saturated heterocycles. The number of fused-ring (bicyclic) bond motifs is 1. The van der Waals surface area contributed by atoms with Crippen LogP contribution in [0.25, 0.3) is 16.7 Å². The molecule has 1 unspecified atom stereocenters. The third-order valence-corrected chi connectivity index (χ3v) is 4.20. The molecule has 0 spiro atoms. The largest absolute Gasteiger partial charge is 0.465 e. The van der Waals surface area contributed by atoms with E-state index in [-0.39, 0.29) is 22.5 Å². The number of nitrogen functional groups attached to an aromatic ring is 1. The van der Waals surface area contributed by atoms with Gasteiger partial charge in [0.1, 0.15) is 16.9 Å². The molecular formula is C18H15F3N4O4. The summed E-state index contributed by atoms with van der Waals surface area (Å²) in [6.45, 7) is 1.47. The third kappa shape index (κ3) is 3.51. The second kappa shape index (κ2) is 7.17. The number of hydrogen-bond donors (Lipinski definition) is 2. The van der Waals surface area contributed by atoms with Gasteiger partial charge >= 0.3 is 12.1 Å². The molecule has 0 aliphatic rings. The molecule has 152 valence electrons. The molecule has 8 nitrogen and oxygen atoms in total. The van der Waals surface area contributed by atoms with E-state index >= 15 is 0 Å². The average molecular weight is 408 g/mol. The van der Waals surface area contributed by atoms with Gasteiger partial charge in [-0.1, -0.05) is 0 Å². The third-order valence-electron chi connectivity index (χ3n) is 4.20. The number of halogens is 3. The topological polar surface area (TPSA) is 120 Å². The Kier molecular flexibility index (Phi) is 5.01. The lowest BCUT2D eigenvalue weighted by Gasteiger charge is -2.16. The molecule has 0 aromatic carbocycles. The molecule has 0 aliphatic heterocycles. The first-order valence-corrected chi connectivity index (χ1v) is 8.21. The first-order valence-electron chi connectivity index (χ1n) is 8.21. The molecule has 3 heterocycles. The number of methoxy groups -OCH3 is 1. The number of rotatable bonds is 3. The fourth-order valence-electron chi connectivity index (χ4n) is 2.76. The van der Waals surface area contributed by atoms with Crippen molar-refractivity contribution in [1.29, 1.82) is 0 Å². The normalized spacial score (nSPS) is 12.8. The number of carbonyl (C=O) groups is 1. The van der Waals surface area contributed by atoms with Crippen molar-refractivity contribution in [1.82, 2.24) is 14.5 Å². The minimum absolute atomic E-state index is 0.0291. The molecule has 0 amide bonds. The maximum atomic E-state index is 13.2. The highest BCUT2D eigenvalue weighted by molar-refractivity contribution is 6.03. The maximum absolute atomic E-state index is 13.2. The number of aliphatic hydroxyl groups is 1. The Hall–Kier alpha value is -3.47. The summed E-state index contributed by atoms with van der Waals surface area (Å²) in [7, 11) is 1.04. The van der Waals surface area contributed by atoms with E-state index in [0.717, 1.165) is 17.7 Å². The van der Waals surface area contributed by atoms with E-state index in [1.54, 1.807) is 0 Å². The first-order chi connectivity index (χ1) is 13.6. The fraction of sp³-hybridized carbons (Fsp3) is 0.222. The molecule has 29 heavy (non-hydrogen) atoms. The van der Waals surface area contributed by atoms with Gasteiger partial charge in [0.2, 0.25) is 0 Å². The number of aromatic nitrogens is 3. The highest BCUT2D eigenvalue weighted by Gasteiger charge is 2.34. The van der Waals surface area contributed by atoms with Crippen LogP contribution in [0.5, 0.6) is 0 Å². The van der Waals surface area contributed by atoms with Crippen LogP contribution in [0, 0.1) is 0 Å². The van der Waals surface area contributed by atoms with E-state index in [1.807, 2.05) is 0 Å². The molecule has 0 bridgehead atoms. The number of aliphatic hydroxyl groups excluding tert-OH is 1. The maximum Gasteiger partial charge on any atom is 0.433 e. The van der Waals surface area contributed by atoms with Crippen molar-refractivity contribution in [3.63, 3.8) is 0 Å². The van der Waals surface area contributed by atoms with Crippen LogP contribution < -0.4 is 11.3 Å². The minimum Gasteiger partial charge on any atom is -0.465 e. The van der Waals surface area contributed by atoms with Crippen LogP contribution in [0.15, 0.2) is 35.3 Å². The molecule has 0 fully saturated rings. The van der Waals surface area contributed by atoms with Crippen LogP contribution in [0.3, 0.4) is 0 Å². The average Bonchev–Trinajstić information content (AvgIpc) is 2.67. The Morgan fingerprint density at radius 1 is 1.28 bits per heavy atom. The molecule has 0 radical (unpaired) electrons. The predicted octanol–water partition coefficient (Wildman–Crippen LogP) is 2.22. The van der Waals surface area contributed by atoms with Gasteiger partial charge in [-0.25, -0.2) is 9.78 Å². The van der Waals surface area contributed by atoms with Crippen molar-refractivity contribution in [2.45, 2.75) is 19.2 Å². The van der Waals surface area contributed by atoms with Gasteiger partial charge in [-0.2, -0.15) is 13.2 Å². The van der Waals surface area contributed by atoms with Crippen LogP contribution in [0.2, 0.25) is 0 Å². The number of alkyl halides is 3. The van der Waals surface area contributed by atoms with Crippen molar-refractivity contribution in [3.8, 4) is 5.69 Å². The molecule has 3 N–H and O–H groups in total. The summed E-state index contributed by atoms with van der Waals surface area (Å²) >= 11 is 0. The van der Waals surface area contributed by atoms with Gasteiger partial charge < -0.3 is 15.6 Å². The number of anilines is 1. The lowest BCUT2D eigenvalue weighted by molar-refractivity contribution is -0.141. The van der Waals surface area contributed by atoms with E-state index in [4.69, 9.17) is 5.73 Å².